The molecule has 0 saturated heterocycles. The Labute approximate surface area is 117 Å². The van der Waals surface area contributed by atoms with Gasteiger partial charge >= 0.3 is 0 Å². The molecule has 1 aromatic carbocycles. The fourth-order valence-corrected chi connectivity index (χ4v) is 1.74. The number of rotatable bonds is 9. The highest BCUT2D eigenvalue weighted by Gasteiger charge is 2.02. The molecule has 4 heteroatoms. The highest BCUT2D eigenvalue weighted by atomic mass is 35.5. The van der Waals surface area contributed by atoms with Crippen molar-refractivity contribution < 1.29 is 4.74 Å². The van der Waals surface area contributed by atoms with Gasteiger partial charge in [0.05, 0.1) is 13.2 Å². The summed E-state index contributed by atoms with van der Waals surface area (Å²) < 4.78 is 5.40. The van der Waals surface area contributed by atoms with E-state index >= 15 is 0 Å². The molecule has 3 nitrogen and oxygen atoms in total. The molecule has 0 atom stereocenters. The number of benzene rings is 1. The molecule has 1 rings (SSSR count). The molecule has 0 aliphatic carbocycles. The van der Waals surface area contributed by atoms with E-state index in [1.54, 1.807) is 0 Å². The van der Waals surface area contributed by atoms with Gasteiger partial charge in [0.2, 0.25) is 0 Å². The molecule has 104 valence electrons. The van der Waals surface area contributed by atoms with Crippen molar-refractivity contribution in [2.24, 2.45) is 5.73 Å². The number of halogens is 1. The van der Waals surface area contributed by atoms with E-state index in [0.29, 0.717) is 13.2 Å². The first-order chi connectivity index (χ1) is 8.36. The number of hydrogen-bond donors (Lipinski definition) is 1. The quantitative estimate of drug-likeness (QED) is 0.699. The number of hydrogen-bond acceptors (Lipinski definition) is 3. The van der Waals surface area contributed by atoms with Crippen molar-refractivity contribution in [3.63, 3.8) is 0 Å². The molecule has 0 spiro atoms. The maximum Gasteiger partial charge on any atom is 0.0594 e. The van der Waals surface area contributed by atoms with Gasteiger partial charge in [0, 0.05) is 19.6 Å². The van der Waals surface area contributed by atoms with Gasteiger partial charge in [0.25, 0.3) is 0 Å². The summed E-state index contributed by atoms with van der Waals surface area (Å²) in [6, 6.07) is 10.6. The van der Waals surface area contributed by atoms with Crippen LogP contribution in [0.5, 0.6) is 0 Å². The molecule has 0 unspecified atom stereocenters. The van der Waals surface area contributed by atoms with Gasteiger partial charge in [-0.2, -0.15) is 0 Å². The van der Waals surface area contributed by atoms with Gasteiger partial charge in [-0.25, -0.2) is 0 Å². The molecule has 0 aliphatic heterocycles. The average Bonchev–Trinajstić information content (AvgIpc) is 2.39. The second-order valence-electron chi connectivity index (χ2n) is 4.07. The Hall–Kier alpha value is -0.610. The van der Waals surface area contributed by atoms with Gasteiger partial charge < -0.3 is 15.4 Å². The summed E-state index contributed by atoms with van der Waals surface area (Å²) in [4.78, 5) is 2.41. The normalized spacial score (nSPS) is 10.4. The Morgan fingerprint density at radius 1 is 1.11 bits per heavy atom. The third-order valence-corrected chi connectivity index (χ3v) is 2.82. The van der Waals surface area contributed by atoms with E-state index in [1.165, 1.54) is 5.56 Å². The van der Waals surface area contributed by atoms with Crippen LogP contribution in [-0.4, -0.2) is 44.3 Å². The summed E-state index contributed by atoms with van der Waals surface area (Å²) in [7, 11) is 0. The van der Waals surface area contributed by atoms with Crippen molar-refractivity contribution >= 4 is 12.4 Å². The molecule has 0 amide bonds. The van der Waals surface area contributed by atoms with Crippen molar-refractivity contribution in [2.75, 3.05) is 39.4 Å². The third kappa shape index (κ3) is 7.67. The first-order valence-corrected chi connectivity index (χ1v) is 6.41. The Balaban J connectivity index is 0.00000289. The van der Waals surface area contributed by atoms with E-state index in [0.717, 1.165) is 32.7 Å². The molecular weight excluding hydrogens is 248 g/mol. The lowest BCUT2D eigenvalue weighted by Gasteiger charge is -2.20. The molecule has 2 N–H and O–H groups in total. The summed E-state index contributed by atoms with van der Waals surface area (Å²) in [5, 5.41) is 0. The Bertz CT molecular complexity index is 282. The summed E-state index contributed by atoms with van der Waals surface area (Å²) >= 11 is 0. The van der Waals surface area contributed by atoms with Crippen LogP contribution >= 0.6 is 12.4 Å². The van der Waals surface area contributed by atoms with Crippen molar-refractivity contribution in [1.29, 1.82) is 0 Å². The van der Waals surface area contributed by atoms with Crippen LogP contribution in [0.1, 0.15) is 12.5 Å². The Kier molecular flexibility index (Phi) is 11.1. The minimum absolute atomic E-state index is 0. The SMILES string of the molecule is CCN(CCOCCN)CCc1ccccc1.Cl. The predicted molar refractivity (Wildman–Crippen MR) is 79.4 cm³/mol. The Morgan fingerprint density at radius 3 is 2.44 bits per heavy atom. The number of nitrogens with zero attached hydrogens (tertiary/aromatic N) is 1. The fourth-order valence-electron chi connectivity index (χ4n) is 1.74. The standard InChI is InChI=1S/C14H24N2O.ClH/c1-2-16(11-13-17-12-9-15)10-8-14-6-4-3-5-7-14;/h3-7H,2,8-13,15H2,1H3;1H. The first-order valence-electron chi connectivity index (χ1n) is 6.41. The van der Waals surface area contributed by atoms with Gasteiger partial charge in [-0.3, -0.25) is 0 Å². The van der Waals surface area contributed by atoms with Gasteiger partial charge in [0.1, 0.15) is 0 Å². The largest absolute Gasteiger partial charge is 0.379 e. The van der Waals surface area contributed by atoms with Crippen LogP contribution in [0.3, 0.4) is 0 Å². The molecule has 0 aliphatic rings. The van der Waals surface area contributed by atoms with Crippen LogP contribution in [-0.2, 0) is 11.2 Å². The topological polar surface area (TPSA) is 38.5 Å². The smallest absolute Gasteiger partial charge is 0.0594 e. The van der Waals surface area contributed by atoms with E-state index in [9.17, 15) is 0 Å². The molecule has 1 aromatic rings. The third-order valence-electron chi connectivity index (χ3n) is 2.82. The number of ether oxygens (including phenoxy) is 1. The molecule has 0 radical (unpaired) electrons. The summed E-state index contributed by atoms with van der Waals surface area (Å²) in [5.74, 6) is 0. The second-order valence-corrected chi connectivity index (χ2v) is 4.07. The second kappa shape index (κ2) is 11.5. The van der Waals surface area contributed by atoms with Gasteiger partial charge in [-0.1, -0.05) is 37.3 Å². The molecule has 18 heavy (non-hydrogen) atoms. The highest BCUT2D eigenvalue weighted by molar-refractivity contribution is 5.85. The van der Waals surface area contributed by atoms with Crippen LogP contribution in [0.4, 0.5) is 0 Å². The van der Waals surface area contributed by atoms with Crippen molar-refractivity contribution in [2.45, 2.75) is 13.3 Å². The van der Waals surface area contributed by atoms with Crippen molar-refractivity contribution in [3.05, 3.63) is 35.9 Å². The van der Waals surface area contributed by atoms with Crippen LogP contribution in [0.15, 0.2) is 30.3 Å². The summed E-state index contributed by atoms with van der Waals surface area (Å²) in [6.45, 7) is 7.38. The minimum Gasteiger partial charge on any atom is -0.379 e. The molecule has 0 aromatic heterocycles. The zero-order valence-corrected chi connectivity index (χ0v) is 12.0. The molecule has 0 saturated carbocycles. The number of likely N-dealkylation sites (N-methyl/N-ethyl adjacent to an activating group) is 1. The van der Waals surface area contributed by atoms with Crippen molar-refractivity contribution in [3.8, 4) is 0 Å². The van der Waals surface area contributed by atoms with E-state index in [2.05, 4.69) is 42.2 Å². The minimum atomic E-state index is 0. The van der Waals surface area contributed by atoms with Crippen LogP contribution < -0.4 is 5.73 Å². The van der Waals surface area contributed by atoms with E-state index in [-0.39, 0.29) is 12.4 Å². The van der Waals surface area contributed by atoms with Gasteiger partial charge in [0.15, 0.2) is 0 Å². The molecule has 0 fully saturated rings. The lowest BCUT2D eigenvalue weighted by Crippen LogP contribution is -2.30. The van der Waals surface area contributed by atoms with E-state index in [1.807, 2.05) is 0 Å². The number of nitrogens with two attached hydrogens (primary N) is 1. The van der Waals surface area contributed by atoms with Gasteiger partial charge in [-0.05, 0) is 18.5 Å². The van der Waals surface area contributed by atoms with Crippen LogP contribution in [0, 0.1) is 0 Å². The predicted octanol–water partition coefficient (Wildman–Crippen LogP) is 1.95. The fraction of sp³-hybridized carbons (Fsp3) is 0.571. The van der Waals surface area contributed by atoms with Gasteiger partial charge in [-0.15, -0.1) is 12.4 Å². The maximum absolute atomic E-state index is 5.40. The molecule has 0 bridgehead atoms. The monoisotopic (exact) mass is 272 g/mol. The van der Waals surface area contributed by atoms with E-state index in [4.69, 9.17) is 10.5 Å². The van der Waals surface area contributed by atoms with Crippen LogP contribution in [0.25, 0.3) is 0 Å². The first kappa shape index (κ1) is 17.4. The lowest BCUT2D eigenvalue weighted by atomic mass is 10.1. The van der Waals surface area contributed by atoms with Crippen molar-refractivity contribution in [1.82, 2.24) is 4.90 Å². The average molecular weight is 273 g/mol. The van der Waals surface area contributed by atoms with Crippen LogP contribution in [0.2, 0.25) is 0 Å². The molecular formula is C14H25ClN2O. The maximum atomic E-state index is 5.40. The zero-order chi connectivity index (χ0) is 12.3. The molecule has 0 heterocycles. The Morgan fingerprint density at radius 2 is 1.83 bits per heavy atom. The summed E-state index contributed by atoms with van der Waals surface area (Å²) in [5.41, 5.74) is 6.77. The summed E-state index contributed by atoms with van der Waals surface area (Å²) in [6.07, 6.45) is 1.10. The zero-order valence-electron chi connectivity index (χ0n) is 11.2. The lowest BCUT2D eigenvalue weighted by molar-refractivity contribution is 0.111. The highest BCUT2D eigenvalue weighted by Crippen LogP contribution is 2.01. The van der Waals surface area contributed by atoms with E-state index < -0.39 is 0 Å².